The van der Waals surface area contributed by atoms with Crippen LogP contribution in [0, 0.1) is 0 Å². The van der Waals surface area contributed by atoms with E-state index >= 15 is 0 Å². The summed E-state index contributed by atoms with van der Waals surface area (Å²) in [5, 5.41) is 37.6. The molecule has 4 rings (SSSR count). The van der Waals surface area contributed by atoms with Crippen molar-refractivity contribution in [1.29, 1.82) is 0 Å². The van der Waals surface area contributed by atoms with E-state index in [2.05, 4.69) is 36.2 Å². The SMILES string of the molecule is ON=C(CSc1nnnn1-c1ccccc1)CSc1nnnn1-c1ccccc1. The Hall–Kier alpha value is -3.25. The Morgan fingerprint density at radius 3 is 1.62 bits per heavy atom. The first-order valence-electron chi connectivity index (χ1n) is 8.48. The lowest BCUT2D eigenvalue weighted by molar-refractivity contribution is 0.318. The molecular formula is C17H15N9OS2. The number of hydrogen-bond donors (Lipinski definition) is 1. The molecule has 10 nitrogen and oxygen atoms in total. The summed E-state index contributed by atoms with van der Waals surface area (Å²) in [7, 11) is 0. The molecule has 0 fully saturated rings. The third-order valence-electron chi connectivity index (χ3n) is 3.76. The van der Waals surface area contributed by atoms with Crippen molar-refractivity contribution in [3.63, 3.8) is 0 Å². The minimum atomic E-state index is 0.420. The molecule has 0 saturated carbocycles. The fourth-order valence-corrected chi connectivity index (χ4v) is 4.15. The normalized spacial score (nSPS) is 10.8. The fourth-order valence-electron chi connectivity index (χ4n) is 2.40. The Morgan fingerprint density at radius 1 is 0.759 bits per heavy atom. The largest absolute Gasteiger partial charge is 0.411 e. The monoisotopic (exact) mass is 425 g/mol. The molecule has 4 aromatic rings. The average molecular weight is 426 g/mol. The lowest BCUT2D eigenvalue weighted by Crippen LogP contribution is -2.09. The van der Waals surface area contributed by atoms with Gasteiger partial charge in [0.1, 0.15) is 0 Å². The molecule has 12 heteroatoms. The number of aromatic nitrogens is 8. The van der Waals surface area contributed by atoms with Gasteiger partial charge in [0, 0.05) is 11.5 Å². The summed E-state index contributed by atoms with van der Waals surface area (Å²) in [5.41, 5.74) is 2.28. The molecule has 0 unspecified atom stereocenters. The lowest BCUT2D eigenvalue weighted by atomic mass is 10.3. The van der Waals surface area contributed by atoms with Crippen LogP contribution in [-0.2, 0) is 0 Å². The Balaban J connectivity index is 1.39. The van der Waals surface area contributed by atoms with Crippen LogP contribution in [-0.4, -0.2) is 62.8 Å². The molecule has 29 heavy (non-hydrogen) atoms. The second-order valence-electron chi connectivity index (χ2n) is 5.66. The zero-order valence-electron chi connectivity index (χ0n) is 15.0. The van der Waals surface area contributed by atoms with E-state index in [4.69, 9.17) is 0 Å². The van der Waals surface area contributed by atoms with E-state index in [1.54, 1.807) is 9.36 Å². The number of para-hydroxylation sites is 2. The molecule has 0 aliphatic heterocycles. The molecule has 2 aromatic carbocycles. The molecule has 0 aliphatic rings. The quantitative estimate of drug-likeness (QED) is 0.196. The van der Waals surface area contributed by atoms with Gasteiger partial charge in [-0.05, 0) is 45.1 Å². The van der Waals surface area contributed by atoms with Gasteiger partial charge < -0.3 is 5.21 Å². The Labute approximate surface area is 174 Å². The summed E-state index contributed by atoms with van der Waals surface area (Å²) in [5.74, 6) is 0.840. The van der Waals surface area contributed by atoms with Crippen LogP contribution in [0.2, 0.25) is 0 Å². The van der Waals surface area contributed by atoms with Crippen molar-refractivity contribution in [2.75, 3.05) is 11.5 Å². The third kappa shape index (κ3) is 4.60. The van der Waals surface area contributed by atoms with Crippen LogP contribution in [0.5, 0.6) is 0 Å². The van der Waals surface area contributed by atoms with Gasteiger partial charge in [0.15, 0.2) is 0 Å². The van der Waals surface area contributed by atoms with Crippen molar-refractivity contribution < 1.29 is 5.21 Å². The average Bonchev–Trinajstić information content (AvgIpc) is 3.44. The second-order valence-corrected chi connectivity index (χ2v) is 7.55. The van der Waals surface area contributed by atoms with Gasteiger partial charge in [-0.2, -0.15) is 9.36 Å². The van der Waals surface area contributed by atoms with Crippen molar-refractivity contribution >= 4 is 29.2 Å². The van der Waals surface area contributed by atoms with Crippen molar-refractivity contribution in [3.8, 4) is 11.4 Å². The van der Waals surface area contributed by atoms with Crippen LogP contribution >= 0.6 is 23.5 Å². The highest BCUT2D eigenvalue weighted by Gasteiger charge is 2.14. The molecule has 146 valence electrons. The lowest BCUT2D eigenvalue weighted by Gasteiger charge is -2.06. The maximum atomic E-state index is 9.40. The van der Waals surface area contributed by atoms with Crippen LogP contribution in [0.4, 0.5) is 0 Å². The molecule has 0 bridgehead atoms. The van der Waals surface area contributed by atoms with Crippen LogP contribution in [0.25, 0.3) is 11.4 Å². The molecule has 0 spiro atoms. The van der Waals surface area contributed by atoms with Crippen LogP contribution < -0.4 is 0 Å². The van der Waals surface area contributed by atoms with Crippen molar-refractivity contribution in [1.82, 2.24) is 40.4 Å². The summed E-state index contributed by atoms with van der Waals surface area (Å²) < 4.78 is 3.28. The maximum absolute atomic E-state index is 9.40. The molecule has 0 radical (unpaired) electrons. The van der Waals surface area contributed by atoms with E-state index < -0.39 is 0 Å². The van der Waals surface area contributed by atoms with E-state index in [1.165, 1.54) is 23.5 Å². The van der Waals surface area contributed by atoms with Crippen LogP contribution in [0.1, 0.15) is 0 Å². The Kier molecular flexibility index (Phi) is 6.12. The molecule has 2 heterocycles. The van der Waals surface area contributed by atoms with Gasteiger partial charge in [-0.1, -0.05) is 65.1 Å². The van der Waals surface area contributed by atoms with Gasteiger partial charge in [-0.25, -0.2) is 0 Å². The smallest absolute Gasteiger partial charge is 0.214 e. The topological polar surface area (TPSA) is 120 Å². The van der Waals surface area contributed by atoms with E-state index in [0.717, 1.165) is 11.4 Å². The minimum Gasteiger partial charge on any atom is -0.411 e. The van der Waals surface area contributed by atoms with Gasteiger partial charge in [-0.15, -0.1) is 10.2 Å². The standard InChI is InChI=1S/C17H15N9OS2/c27-20-13(11-28-16-18-21-23-25(16)14-7-3-1-4-8-14)12-29-17-19-22-24-26(17)15-9-5-2-6-10-15/h1-10,27H,11-12H2. The number of benzene rings is 2. The Morgan fingerprint density at radius 2 is 1.21 bits per heavy atom. The molecule has 1 N–H and O–H groups in total. The number of rotatable bonds is 8. The number of nitrogens with zero attached hydrogens (tertiary/aromatic N) is 9. The minimum absolute atomic E-state index is 0.420. The van der Waals surface area contributed by atoms with Gasteiger partial charge in [-0.3, -0.25) is 0 Å². The molecule has 2 aromatic heterocycles. The van der Waals surface area contributed by atoms with Gasteiger partial charge >= 0.3 is 0 Å². The first-order valence-corrected chi connectivity index (χ1v) is 10.5. The second kappa shape index (κ2) is 9.30. The molecular weight excluding hydrogens is 410 g/mol. The highest BCUT2D eigenvalue weighted by atomic mass is 32.2. The predicted octanol–water partition coefficient (Wildman–Crippen LogP) is 2.35. The van der Waals surface area contributed by atoms with E-state index in [-0.39, 0.29) is 0 Å². The molecule has 0 atom stereocenters. The maximum Gasteiger partial charge on any atom is 0.214 e. The van der Waals surface area contributed by atoms with Gasteiger partial charge in [0.25, 0.3) is 0 Å². The van der Waals surface area contributed by atoms with E-state index in [9.17, 15) is 5.21 Å². The fraction of sp³-hybridized carbons (Fsp3) is 0.118. The highest BCUT2D eigenvalue weighted by molar-refractivity contribution is 8.01. The molecule has 0 saturated heterocycles. The number of oxime groups is 1. The Bertz CT molecular complexity index is 999. The van der Waals surface area contributed by atoms with Crippen molar-refractivity contribution in [3.05, 3.63) is 60.7 Å². The molecule has 0 aliphatic carbocycles. The zero-order valence-corrected chi connectivity index (χ0v) is 16.6. The summed E-state index contributed by atoms with van der Waals surface area (Å²) >= 11 is 2.77. The predicted molar refractivity (Wildman–Crippen MR) is 109 cm³/mol. The first kappa shape index (κ1) is 19.1. The number of tetrazole rings is 2. The highest BCUT2D eigenvalue weighted by Crippen LogP contribution is 2.22. The number of hydrogen-bond acceptors (Lipinski definition) is 10. The van der Waals surface area contributed by atoms with Crippen molar-refractivity contribution in [2.24, 2.45) is 5.16 Å². The van der Waals surface area contributed by atoms with E-state index in [0.29, 0.717) is 27.5 Å². The summed E-state index contributed by atoms with van der Waals surface area (Å²) in [6, 6.07) is 19.2. The summed E-state index contributed by atoms with van der Waals surface area (Å²) in [6.07, 6.45) is 0. The van der Waals surface area contributed by atoms with Gasteiger partial charge in [0.05, 0.1) is 17.1 Å². The summed E-state index contributed by atoms with van der Waals surface area (Å²) in [6.45, 7) is 0. The third-order valence-corrected chi connectivity index (χ3v) is 5.74. The van der Waals surface area contributed by atoms with Gasteiger partial charge in [0.2, 0.25) is 10.3 Å². The summed E-state index contributed by atoms with van der Waals surface area (Å²) in [4.78, 5) is 0. The van der Waals surface area contributed by atoms with Crippen LogP contribution in [0.3, 0.4) is 0 Å². The zero-order chi connectivity index (χ0) is 19.9. The number of thioether (sulfide) groups is 2. The van der Waals surface area contributed by atoms with E-state index in [1.807, 2.05) is 60.7 Å². The van der Waals surface area contributed by atoms with Crippen LogP contribution in [0.15, 0.2) is 76.1 Å². The first-order chi connectivity index (χ1) is 14.3. The molecule has 0 amide bonds. The van der Waals surface area contributed by atoms with Crippen molar-refractivity contribution in [2.45, 2.75) is 10.3 Å².